The topological polar surface area (TPSA) is 114 Å². The third-order valence-electron chi connectivity index (χ3n) is 2.88. The van der Waals surface area contributed by atoms with Crippen LogP contribution in [0, 0.1) is 0 Å². The molecule has 2 aromatic heterocycles. The summed E-state index contributed by atoms with van der Waals surface area (Å²) in [5.41, 5.74) is 3.24. The number of hydrogen-bond donors (Lipinski definition) is 3. The average molecular weight is 278 g/mol. The fraction of sp³-hybridized carbons (Fsp3) is 0.455. The molecule has 0 unspecified atom stereocenters. The second-order valence-corrected chi connectivity index (χ2v) is 4.48. The number of aromatic nitrogens is 4. The molecular weight excluding hydrogens is 260 g/mol. The monoisotopic (exact) mass is 278 g/mol. The minimum absolute atomic E-state index is 0.0636. The maximum atomic E-state index is 11.3. The van der Waals surface area contributed by atoms with Crippen molar-refractivity contribution in [2.75, 3.05) is 26.1 Å². The van der Waals surface area contributed by atoms with Gasteiger partial charge in [-0.3, -0.25) is 14.4 Å². The van der Waals surface area contributed by atoms with Crippen LogP contribution in [0.25, 0.3) is 11.0 Å². The number of nitrogen functional groups attached to an aromatic ring is 1. The molecule has 0 bridgehead atoms. The summed E-state index contributed by atoms with van der Waals surface area (Å²) in [5.74, 6) is 6.50. The number of carbonyl (C=O) groups is 1. The van der Waals surface area contributed by atoms with Crippen molar-refractivity contribution in [2.24, 2.45) is 12.9 Å². The Morgan fingerprint density at radius 3 is 2.90 bits per heavy atom. The Balaban J connectivity index is 2.26. The van der Waals surface area contributed by atoms with Crippen molar-refractivity contribution in [3.8, 4) is 0 Å². The Bertz CT molecular complexity index is 622. The van der Waals surface area contributed by atoms with E-state index in [1.807, 2.05) is 11.9 Å². The SMILES string of the molecule is CNC(=O)CN(C)Cc1nc(NN)c2cnn(C)c2n1. The molecule has 9 nitrogen and oxygen atoms in total. The predicted molar refractivity (Wildman–Crippen MR) is 74.5 cm³/mol. The highest BCUT2D eigenvalue weighted by molar-refractivity contribution is 5.86. The molecule has 2 rings (SSSR count). The van der Waals surface area contributed by atoms with Crippen molar-refractivity contribution in [2.45, 2.75) is 6.54 Å². The number of likely N-dealkylation sites (N-methyl/N-ethyl adjacent to an activating group) is 2. The van der Waals surface area contributed by atoms with E-state index >= 15 is 0 Å². The van der Waals surface area contributed by atoms with Crippen molar-refractivity contribution < 1.29 is 4.79 Å². The van der Waals surface area contributed by atoms with E-state index in [1.54, 1.807) is 25.0 Å². The quantitative estimate of drug-likeness (QED) is 0.466. The maximum absolute atomic E-state index is 11.3. The lowest BCUT2D eigenvalue weighted by Crippen LogP contribution is -2.33. The Morgan fingerprint density at radius 2 is 2.25 bits per heavy atom. The molecule has 4 N–H and O–H groups in total. The van der Waals surface area contributed by atoms with Crippen LogP contribution in [0.2, 0.25) is 0 Å². The Labute approximate surface area is 116 Å². The zero-order chi connectivity index (χ0) is 14.7. The first-order valence-electron chi connectivity index (χ1n) is 6.09. The van der Waals surface area contributed by atoms with Crippen LogP contribution in [0.4, 0.5) is 5.82 Å². The van der Waals surface area contributed by atoms with Crippen LogP contribution in [0.5, 0.6) is 0 Å². The summed E-state index contributed by atoms with van der Waals surface area (Å²) in [5, 5.41) is 7.46. The second kappa shape index (κ2) is 5.80. The number of anilines is 1. The van der Waals surface area contributed by atoms with Crippen LogP contribution < -0.4 is 16.6 Å². The minimum atomic E-state index is -0.0636. The van der Waals surface area contributed by atoms with Gasteiger partial charge in [-0.25, -0.2) is 15.8 Å². The number of aryl methyl sites for hydroxylation is 1. The number of amides is 1. The molecule has 0 aromatic carbocycles. The molecule has 0 aliphatic heterocycles. The van der Waals surface area contributed by atoms with Gasteiger partial charge >= 0.3 is 0 Å². The summed E-state index contributed by atoms with van der Waals surface area (Å²) in [6, 6.07) is 0. The van der Waals surface area contributed by atoms with Gasteiger partial charge in [-0.1, -0.05) is 0 Å². The average Bonchev–Trinajstić information content (AvgIpc) is 2.79. The standard InChI is InChI=1S/C11H18N8O/c1-13-9(20)6-18(2)5-8-15-10(17-12)7-4-14-19(3)11(7)16-8/h4H,5-6,12H2,1-3H3,(H,13,20)(H,15,16,17). The van der Waals surface area contributed by atoms with Gasteiger partial charge in [0, 0.05) is 14.1 Å². The Kier molecular flexibility index (Phi) is 4.11. The molecular formula is C11H18N8O. The van der Waals surface area contributed by atoms with E-state index in [4.69, 9.17) is 5.84 Å². The molecule has 0 aliphatic carbocycles. The molecule has 0 radical (unpaired) electrons. The highest BCUT2D eigenvalue weighted by atomic mass is 16.1. The molecule has 0 fully saturated rings. The van der Waals surface area contributed by atoms with Gasteiger partial charge in [-0.2, -0.15) is 5.10 Å². The van der Waals surface area contributed by atoms with Crippen molar-refractivity contribution in [1.82, 2.24) is 30.0 Å². The zero-order valence-electron chi connectivity index (χ0n) is 11.7. The van der Waals surface area contributed by atoms with E-state index in [1.165, 1.54) is 0 Å². The first-order chi connectivity index (χ1) is 9.55. The van der Waals surface area contributed by atoms with Crippen LogP contribution in [-0.2, 0) is 18.4 Å². The fourth-order valence-electron chi connectivity index (χ4n) is 1.87. The number of nitrogens with zero attached hydrogens (tertiary/aromatic N) is 5. The summed E-state index contributed by atoms with van der Waals surface area (Å²) < 4.78 is 1.65. The lowest BCUT2D eigenvalue weighted by Gasteiger charge is -2.15. The lowest BCUT2D eigenvalue weighted by atomic mass is 10.3. The van der Waals surface area contributed by atoms with Crippen molar-refractivity contribution in [3.63, 3.8) is 0 Å². The van der Waals surface area contributed by atoms with Gasteiger partial charge in [0.25, 0.3) is 0 Å². The molecule has 1 amide bonds. The van der Waals surface area contributed by atoms with Crippen LogP contribution in [0.15, 0.2) is 6.20 Å². The number of nitrogens with one attached hydrogen (secondary N) is 2. The van der Waals surface area contributed by atoms with Crippen LogP contribution >= 0.6 is 0 Å². The van der Waals surface area contributed by atoms with E-state index < -0.39 is 0 Å². The third kappa shape index (κ3) is 2.83. The molecule has 0 spiro atoms. The largest absolute Gasteiger partial charge is 0.358 e. The molecule has 108 valence electrons. The molecule has 0 aliphatic rings. The predicted octanol–water partition coefficient (Wildman–Crippen LogP) is -1.17. The van der Waals surface area contributed by atoms with E-state index in [0.717, 1.165) is 5.39 Å². The van der Waals surface area contributed by atoms with Gasteiger partial charge in [0.2, 0.25) is 5.91 Å². The zero-order valence-corrected chi connectivity index (χ0v) is 11.7. The van der Waals surface area contributed by atoms with Gasteiger partial charge in [-0.05, 0) is 7.05 Å². The van der Waals surface area contributed by atoms with Gasteiger partial charge in [0.1, 0.15) is 5.82 Å². The maximum Gasteiger partial charge on any atom is 0.233 e. The number of fused-ring (bicyclic) bond motifs is 1. The smallest absolute Gasteiger partial charge is 0.233 e. The van der Waals surface area contributed by atoms with Gasteiger partial charge in [0.15, 0.2) is 11.5 Å². The van der Waals surface area contributed by atoms with E-state index in [0.29, 0.717) is 23.8 Å². The number of carbonyl (C=O) groups excluding carboxylic acids is 1. The number of rotatable bonds is 5. The summed E-state index contributed by atoms with van der Waals surface area (Å²) in [7, 11) is 5.22. The van der Waals surface area contributed by atoms with Crippen LogP contribution in [0.3, 0.4) is 0 Å². The van der Waals surface area contributed by atoms with Crippen LogP contribution in [-0.4, -0.2) is 51.2 Å². The van der Waals surface area contributed by atoms with Crippen molar-refractivity contribution >= 4 is 22.8 Å². The normalized spacial score (nSPS) is 11.1. The first kappa shape index (κ1) is 14.2. The summed E-state index contributed by atoms with van der Waals surface area (Å²) in [6.45, 7) is 0.706. The van der Waals surface area contributed by atoms with Crippen molar-refractivity contribution in [3.05, 3.63) is 12.0 Å². The molecule has 0 saturated carbocycles. The molecule has 2 heterocycles. The van der Waals surface area contributed by atoms with Gasteiger partial charge in [0.05, 0.1) is 24.7 Å². The summed E-state index contributed by atoms with van der Waals surface area (Å²) in [4.78, 5) is 21.9. The van der Waals surface area contributed by atoms with Gasteiger partial charge in [-0.15, -0.1) is 0 Å². The fourth-order valence-corrected chi connectivity index (χ4v) is 1.87. The molecule has 0 atom stereocenters. The number of hydrogen-bond acceptors (Lipinski definition) is 7. The molecule has 20 heavy (non-hydrogen) atoms. The summed E-state index contributed by atoms with van der Waals surface area (Å²) in [6.07, 6.45) is 1.66. The van der Waals surface area contributed by atoms with E-state index in [9.17, 15) is 4.79 Å². The van der Waals surface area contributed by atoms with E-state index in [2.05, 4.69) is 25.8 Å². The number of hydrazine groups is 1. The minimum Gasteiger partial charge on any atom is -0.358 e. The molecule has 2 aromatic rings. The first-order valence-corrected chi connectivity index (χ1v) is 6.09. The third-order valence-corrected chi connectivity index (χ3v) is 2.88. The van der Waals surface area contributed by atoms with E-state index in [-0.39, 0.29) is 12.5 Å². The Morgan fingerprint density at radius 1 is 1.50 bits per heavy atom. The lowest BCUT2D eigenvalue weighted by molar-refractivity contribution is -0.121. The summed E-state index contributed by atoms with van der Waals surface area (Å²) >= 11 is 0. The molecule has 9 heteroatoms. The highest BCUT2D eigenvalue weighted by Crippen LogP contribution is 2.18. The number of nitrogens with two attached hydrogens (primary N) is 1. The second-order valence-electron chi connectivity index (χ2n) is 4.48. The highest BCUT2D eigenvalue weighted by Gasteiger charge is 2.13. The van der Waals surface area contributed by atoms with Crippen LogP contribution in [0.1, 0.15) is 5.82 Å². The molecule has 0 saturated heterocycles. The van der Waals surface area contributed by atoms with Gasteiger partial charge < -0.3 is 10.7 Å². The Hall–Kier alpha value is -2.26. The van der Waals surface area contributed by atoms with Crippen molar-refractivity contribution in [1.29, 1.82) is 0 Å².